The summed E-state index contributed by atoms with van der Waals surface area (Å²) in [5.74, 6) is 0.765. The van der Waals surface area contributed by atoms with E-state index < -0.39 is 0 Å². The summed E-state index contributed by atoms with van der Waals surface area (Å²) in [6.45, 7) is 4.48. The second-order valence-corrected chi connectivity index (χ2v) is 7.84. The Bertz CT molecular complexity index is 1090. The molecule has 0 saturated carbocycles. The third-order valence-corrected chi connectivity index (χ3v) is 5.59. The molecule has 0 unspecified atom stereocenters. The van der Waals surface area contributed by atoms with Crippen LogP contribution >= 0.6 is 0 Å². The molecule has 2 aromatic carbocycles. The van der Waals surface area contributed by atoms with E-state index in [1.54, 1.807) is 0 Å². The number of urea groups is 1. The summed E-state index contributed by atoms with van der Waals surface area (Å²) in [5.41, 5.74) is 0.586. The van der Waals surface area contributed by atoms with Gasteiger partial charge in [-0.25, -0.2) is 9.48 Å². The quantitative estimate of drug-likeness (QED) is 0.504. The standard InChI is InChI=1S/C24H29N5O3/c30-23-21-11-5-4-10-20(21)22(27-29(23)16-15-28-13-6-7-14-28)18-26-24(31)25-12-17-32-19-8-2-1-3-9-19/h1-5,8-11H,6-7,12-18H2,(H2,25,26,31). The number of fused-ring (bicyclic) bond motifs is 1. The zero-order valence-corrected chi connectivity index (χ0v) is 18.1. The van der Waals surface area contributed by atoms with Crippen LogP contribution in [0, 0.1) is 0 Å². The van der Waals surface area contributed by atoms with Gasteiger partial charge in [0.05, 0.1) is 30.7 Å². The van der Waals surface area contributed by atoms with Gasteiger partial charge in [0.15, 0.2) is 0 Å². The van der Waals surface area contributed by atoms with Gasteiger partial charge in [-0.2, -0.15) is 5.10 Å². The number of nitrogens with one attached hydrogen (secondary N) is 2. The maximum atomic E-state index is 12.9. The molecule has 0 aliphatic carbocycles. The summed E-state index contributed by atoms with van der Waals surface area (Å²) in [6.07, 6.45) is 2.42. The normalized spacial score (nSPS) is 13.9. The first kappa shape index (κ1) is 21.8. The highest BCUT2D eigenvalue weighted by Crippen LogP contribution is 2.13. The predicted molar refractivity (Wildman–Crippen MR) is 124 cm³/mol. The number of ether oxygens (including phenoxy) is 1. The first-order chi connectivity index (χ1) is 15.7. The minimum absolute atomic E-state index is 0.0916. The van der Waals surface area contributed by atoms with E-state index in [0.29, 0.717) is 30.8 Å². The van der Waals surface area contributed by atoms with Crippen molar-refractivity contribution < 1.29 is 9.53 Å². The van der Waals surface area contributed by atoms with Crippen LogP contribution in [0.3, 0.4) is 0 Å². The Morgan fingerprint density at radius 1 is 0.938 bits per heavy atom. The van der Waals surface area contributed by atoms with Crippen molar-refractivity contribution in [3.63, 3.8) is 0 Å². The zero-order chi connectivity index (χ0) is 22.2. The van der Waals surface area contributed by atoms with Crippen molar-refractivity contribution in [1.82, 2.24) is 25.3 Å². The van der Waals surface area contributed by atoms with E-state index in [0.717, 1.165) is 30.8 Å². The van der Waals surface area contributed by atoms with Crippen LogP contribution in [-0.2, 0) is 13.1 Å². The first-order valence-corrected chi connectivity index (χ1v) is 11.1. The van der Waals surface area contributed by atoms with Crippen LogP contribution in [0.5, 0.6) is 5.75 Å². The molecule has 1 aliphatic heterocycles. The lowest BCUT2D eigenvalue weighted by Crippen LogP contribution is -2.38. The molecule has 1 fully saturated rings. The summed E-state index contributed by atoms with van der Waals surface area (Å²) in [7, 11) is 0. The van der Waals surface area contributed by atoms with Crippen molar-refractivity contribution >= 4 is 16.8 Å². The molecule has 0 atom stereocenters. The molecule has 0 radical (unpaired) electrons. The van der Waals surface area contributed by atoms with Gasteiger partial charge in [0, 0.05) is 11.9 Å². The molecular weight excluding hydrogens is 406 g/mol. The third kappa shape index (κ3) is 5.64. The van der Waals surface area contributed by atoms with Gasteiger partial charge >= 0.3 is 6.03 Å². The average molecular weight is 436 g/mol. The van der Waals surface area contributed by atoms with E-state index in [1.165, 1.54) is 17.5 Å². The fraction of sp³-hybridized carbons (Fsp3) is 0.375. The summed E-state index contributed by atoms with van der Waals surface area (Å²) < 4.78 is 7.11. The Morgan fingerprint density at radius 3 is 2.44 bits per heavy atom. The molecule has 8 nitrogen and oxygen atoms in total. The van der Waals surface area contributed by atoms with Gasteiger partial charge in [-0.1, -0.05) is 36.4 Å². The van der Waals surface area contributed by atoms with Crippen LogP contribution in [0.25, 0.3) is 10.8 Å². The largest absolute Gasteiger partial charge is 0.492 e. The summed E-state index contributed by atoms with van der Waals surface area (Å²) in [4.78, 5) is 27.5. The second kappa shape index (κ2) is 10.8. The number of rotatable bonds is 9. The molecule has 1 aromatic heterocycles. The SMILES string of the molecule is O=C(NCCOc1ccccc1)NCc1nn(CCN2CCCC2)c(=O)c2ccccc12. The van der Waals surface area contributed by atoms with Crippen LogP contribution < -0.4 is 20.9 Å². The smallest absolute Gasteiger partial charge is 0.315 e. The highest BCUT2D eigenvalue weighted by atomic mass is 16.5. The molecule has 1 aliphatic rings. The minimum Gasteiger partial charge on any atom is -0.492 e. The second-order valence-electron chi connectivity index (χ2n) is 7.84. The molecule has 2 heterocycles. The van der Waals surface area contributed by atoms with Crippen LogP contribution in [0.4, 0.5) is 4.79 Å². The number of carbonyl (C=O) groups is 1. The van der Waals surface area contributed by atoms with E-state index in [1.807, 2.05) is 54.6 Å². The van der Waals surface area contributed by atoms with E-state index in [2.05, 4.69) is 20.6 Å². The lowest BCUT2D eigenvalue weighted by atomic mass is 10.1. The van der Waals surface area contributed by atoms with Crippen LogP contribution in [0.2, 0.25) is 0 Å². The Balaban J connectivity index is 1.35. The topological polar surface area (TPSA) is 88.5 Å². The molecule has 4 rings (SSSR count). The van der Waals surface area contributed by atoms with Crippen molar-refractivity contribution in [2.75, 3.05) is 32.8 Å². The summed E-state index contributed by atoms with van der Waals surface area (Å²) >= 11 is 0. The van der Waals surface area contributed by atoms with Gasteiger partial charge in [-0.15, -0.1) is 0 Å². The number of amides is 2. The average Bonchev–Trinajstić information content (AvgIpc) is 3.35. The van der Waals surface area contributed by atoms with E-state index >= 15 is 0 Å². The van der Waals surface area contributed by atoms with Gasteiger partial charge < -0.3 is 20.3 Å². The number of nitrogens with zero attached hydrogens (tertiary/aromatic N) is 3. The molecule has 2 N–H and O–H groups in total. The summed E-state index contributed by atoms with van der Waals surface area (Å²) in [5, 5.41) is 11.6. The Kier molecular flexibility index (Phi) is 7.34. The van der Waals surface area contributed by atoms with Crippen LogP contribution in [0.15, 0.2) is 59.4 Å². The van der Waals surface area contributed by atoms with E-state index in [9.17, 15) is 9.59 Å². The molecule has 0 spiro atoms. The van der Waals surface area contributed by atoms with Gasteiger partial charge in [-0.3, -0.25) is 4.79 Å². The highest BCUT2D eigenvalue weighted by molar-refractivity contribution is 5.84. The maximum Gasteiger partial charge on any atom is 0.315 e. The van der Waals surface area contributed by atoms with E-state index in [4.69, 9.17) is 4.74 Å². The molecule has 1 saturated heterocycles. The minimum atomic E-state index is -0.303. The van der Waals surface area contributed by atoms with Crippen molar-refractivity contribution in [2.45, 2.75) is 25.9 Å². The summed E-state index contributed by atoms with van der Waals surface area (Å²) in [6, 6.07) is 16.6. The number of benzene rings is 2. The molecular formula is C24H29N5O3. The number of hydrogen-bond donors (Lipinski definition) is 2. The zero-order valence-electron chi connectivity index (χ0n) is 18.1. The molecule has 0 bridgehead atoms. The monoisotopic (exact) mass is 435 g/mol. The lowest BCUT2D eigenvalue weighted by Gasteiger charge is -2.16. The number of carbonyl (C=O) groups excluding carboxylic acids is 1. The van der Waals surface area contributed by atoms with Crippen LogP contribution in [-0.4, -0.2) is 53.5 Å². The maximum absolute atomic E-state index is 12.9. The Morgan fingerprint density at radius 2 is 1.66 bits per heavy atom. The molecule has 3 aromatic rings. The first-order valence-electron chi connectivity index (χ1n) is 11.1. The lowest BCUT2D eigenvalue weighted by molar-refractivity contribution is 0.236. The van der Waals surface area contributed by atoms with Gasteiger partial charge in [-0.05, 0) is 44.1 Å². The number of para-hydroxylation sites is 1. The fourth-order valence-corrected chi connectivity index (χ4v) is 3.91. The third-order valence-electron chi connectivity index (χ3n) is 5.59. The highest BCUT2D eigenvalue weighted by Gasteiger charge is 2.14. The molecule has 32 heavy (non-hydrogen) atoms. The Hall–Kier alpha value is -3.39. The van der Waals surface area contributed by atoms with Gasteiger partial charge in [0.1, 0.15) is 12.4 Å². The predicted octanol–water partition coefficient (Wildman–Crippen LogP) is 2.37. The van der Waals surface area contributed by atoms with Crippen molar-refractivity contribution in [2.24, 2.45) is 0 Å². The van der Waals surface area contributed by atoms with E-state index in [-0.39, 0.29) is 18.1 Å². The molecule has 8 heteroatoms. The number of aromatic nitrogens is 2. The van der Waals surface area contributed by atoms with Gasteiger partial charge in [0.25, 0.3) is 5.56 Å². The van der Waals surface area contributed by atoms with Crippen LogP contribution in [0.1, 0.15) is 18.5 Å². The van der Waals surface area contributed by atoms with Gasteiger partial charge in [0.2, 0.25) is 0 Å². The van der Waals surface area contributed by atoms with Crippen molar-refractivity contribution in [1.29, 1.82) is 0 Å². The fourth-order valence-electron chi connectivity index (χ4n) is 3.91. The molecule has 168 valence electrons. The Labute approximate surface area is 187 Å². The van der Waals surface area contributed by atoms with Crippen molar-refractivity contribution in [3.8, 4) is 5.75 Å². The van der Waals surface area contributed by atoms with Crippen molar-refractivity contribution in [3.05, 3.63) is 70.6 Å². The number of likely N-dealkylation sites (tertiary alicyclic amines) is 1. The molecule has 2 amide bonds. The number of hydrogen-bond acceptors (Lipinski definition) is 5.